The van der Waals surface area contributed by atoms with E-state index in [0.717, 1.165) is 33.7 Å². The van der Waals surface area contributed by atoms with Gasteiger partial charge in [0.2, 0.25) is 10.0 Å². The van der Waals surface area contributed by atoms with Crippen molar-refractivity contribution < 1.29 is 13.2 Å². The highest BCUT2D eigenvalue weighted by Gasteiger charge is 2.21. The normalized spacial score (nSPS) is 11.8. The third-order valence-electron chi connectivity index (χ3n) is 4.70. The predicted octanol–water partition coefficient (Wildman–Crippen LogP) is 4.72. The molecule has 0 aliphatic carbocycles. The number of benzene rings is 2. The van der Waals surface area contributed by atoms with E-state index >= 15 is 0 Å². The molecule has 7 heteroatoms. The van der Waals surface area contributed by atoms with E-state index in [4.69, 9.17) is 4.74 Å². The summed E-state index contributed by atoms with van der Waals surface area (Å²) in [7, 11) is -3.47. The van der Waals surface area contributed by atoms with Crippen LogP contribution in [0.5, 0.6) is 5.75 Å². The maximum absolute atomic E-state index is 12.7. The molecule has 0 fully saturated rings. The Morgan fingerprint density at radius 1 is 1.00 bits per heavy atom. The van der Waals surface area contributed by atoms with Crippen LogP contribution in [0.1, 0.15) is 26.5 Å². The number of aromatic nitrogens is 1. The van der Waals surface area contributed by atoms with Crippen molar-refractivity contribution in [3.8, 4) is 5.75 Å². The third-order valence-corrected chi connectivity index (χ3v) is 6.76. The number of pyridine rings is 1. The molecule has 0 amide bonds. The number of ether oxygens (including phenoxy) is 1. The van der Waals surface area contributed by atoms with Crippen LogP contribution in [0.2, 0.25) is 0 Å². The Hall–Kier alpha value is -2.64. The lowest BCUT2D eigenvalue weighted by Crippen LogP contribution is -2.30. The van der Waals surface area contributed by atoms with Gasteiger partial charge in [-0.3, -0.25) is 4.98 Å². The molecule has 3 aromatic rings. The van der Waals surface area contributed by atoms with Gasteiger partial charge >= 0.3 is 0 Å². The average molecular weight is 414 g/mol. The monoisotopic (exact) mass is 413 g/mol. The van der Waals surface area contributed by atoms with Crippen LogP contribution in [0.4, 0.5) is 11.4 Å². The van der Waals surface area contributed by atoms with Gasteiger partial charge < -0.3 is 10.1 Å². The van der Waals surface area contributed by atoms with Crippen LogP contribution >= 0.6 is 0 Å². The van der Waals surface area contributed by atoms with E-state index in [-0.39, 0.29) is 0 Å². The first-order chi connectivity index (χ1) is 13.9. The van der Waals surface area contributed by atoms with Gasteiger partial charge in [-0.05, 0) is 62.4 Å². The van der Waals surface area contributed by atoms with Gasteiger partial charge in [0.15, 0.2) is 0 Å². The van der Waals surface area contributed by atoms with Crippen LogP contribution in [0.25, 0.3) is 10.9 Å². The molecule has 1 aromatic heterocycles. The summed E-state index contributed by atoms with van der Waals surface area (Å²) in [5.74, 6) is 0.786. The number of sulfonamides is 1. The SMILES string of the molecule is CCOc1ccc2nc(C)cc(Nc3ccc(S(=O)(=O)N(CC)CC)cc3)c2c1. The molecule has 0 atom stereocenters. The summed E-state index contributed by atoms with van der Waals surface area (Å²) in [4.78, 5) is 4.88. The molecule has 3 rings (SSSR count). The highest BCUT2D eigenvalue weighted by molar-refractivity contribution is 7.89. The van der Waals surface area contributed by atoms with Crippen molar-refractivity contribution in [3.05, 3.63) is 54.2 Å². The molecule has 1 N–H and O–H groups in total. The third kappa shape index (κ3) is 4.52. The van der Waals surface area contributed by atoms with Crippen LogP contribution in [-0.4, -0.2) is 37.4 Å². The van der Waals surface area contributed by atoms with Gasteiger partial charge in [0.1, 0.15) is 5.75 Å². The van der Waals surface area contributed by atoms with Crippen molar-refractivity contribution in [1.29, 1.82) is 0 Å². The second kappa shape index (κ2) is 8.80. The maximum atomic E-state index is 12.7. The second-order valence-corrected chi connectivity index (χ2v) is 8.60. The van der Waals surface area contributed by atoms with Crippen molar-refractivity contribution in [1.82, 2.24) is 9.29 Å². The molecule has 0 aliphatic rings. The summed E-state index contributed by atoms with van der Waals surface area (Å²) in [6.45, 7) is 9.06. The van der Waals surface area contributed by atoms with Gasteiger partial charge in [-0.15, -0.1) is 0 Å². The summed E-state index contributed by atoms with van der Waals surface area (Å²) in [5.41, 5.74) is 3.46. The number of anilines is 2. The van der Waals surface area contributed by atoms with E-state index in [0.29, 0.717) is 24.6 Å². The Balaban J connectivity index is 1.94. The van der Waals surface area contributed by atoms with E-state index in [1.54, 1.807) is 24.3 Å². The molecule has 0 saturated carbocycles. The number of hydrogen-bond donors (Lipinski definition) is 1. The number of rotatable bonds is 8. The molecule has 0 aliphatic heterocycles. The zero-order valence-corrected chi connectivity index (χ0v) is 18.1. The minimum atomic E-state index is -3.47. The van der Waals surface area contributed by atoms with E-state index in [9.17, 15) is 8.42 Å². The quantitative estimate of drug-likeness (QED) is 0.579. The fourth-order valence-electron chi connectivity index (χ4n) is 3.28. The summed E-state index contributed by atoms with van der Waals surface area (Å²) < 4.78 is 32.4. The lowest BCUT2D eigenvalue weighted by atomic mass is 10.1. The van der Waals surface area contributed by atoms with Crippen molar-refractivity contribution in [2.24, 2.45) is 0 Å². The van der Waals surface area contributed by atoms with E-state index in [1.807, 2.05) is 52.0 Å². The lowest BCUT2D eigenvalue weighted by molar-refractivity contribution is 0.340. The topological polar surface area (TPSA) is 71.5 Å². The molecular weight excluding hydrogens is 386 g/mol. The summed E-state index contributed by atoms with van der Waals surface area (Å²) >= 11 is 0. The summed E-state index contributed by atoms with van der Waals surface area (Å²) in [6, 6.07) is 14.6. The Labute approximate surface area is 172 Å². The number of fused-ring (bicyclic) bond motifs is 1. The average Bonchev–Trinajstić information content (AvgIpc) is 2.70. The minimum absolute atomic E-state index is 0.293. The molecule has 6 nitrogen and oxygen atoms in total. The number of nitrogens with zero attached hydrogens (tertiary/aromatic N) is 2. The zero-order valence-electron chi connectivity index (χ0n) is 17.3. The Kier molecular flexibility index (Phi) is 6.39. The Morgan fingerprint density at radius 3 is 2.31 bits per heavy atom. The maximum Gasteiger partial charge on any atom is 0.243 e. The Morgan fingerprint density at radius 2 is 1.69 bits per heavy atom. The van der Waals surface area contributed by atoms with Crippen LogP contribution in [0.15, 0.2) is 53.4 Å². The summed E-state index contributed by atoms with van der Waals surface area (Å²) in [5, 5.41) is 4.33. The highest BCUT2D eigenvalue weighted by atomic mass is 32.2. The molecule has 154 valence electrons. The smallest absolute Gasteiger partial charge is 0.243 e. The number of aryl methyl sites for hydroxylation is 1. The van der Waals surface area contributed by atoms with Crippen molar-refractivity contribution >= 4 is 32.3 Å². The van der Waals surface area contributed by atoms with Crippen LogP contribution in [0.3, 0.4) is 0 Å². The predicted molar refractivity (Wildman–Crippen MR) is 117 cm³/mol. The fraction of sp³-hybridized carbons (Fsp3) is 0.318. The largest absolute Gasteiger partial charge is 0.494 e. The zero-order chi connectivity index (χ0) is 21.0. The van der Waals surface area contributed by atoms with E-state index in [1.165, 1.54) is 4.31 Å². The molecule has 0 spiro atoms. The first kappa shape index (κ1) is 21.1. The van der Waals surface area contributed by atoms with Crippen LogP contribution < -0.4 is 10.1 Å². The standard InChI is InChI=1S/C22H27N3O3S/c1-5-25(6-2)29(26,27)19-11-8-17(9-12-19)24-22-14-16(4)23-21-13-10-18(28-7-3)15-20(21)22/h8-15H,5-7H2,1-4H3,(H,23,24). The number of nitrogens with one attached hydrogen (secondary N) is 1. The van der Waals surface area contributed by atoms with Gasteiger partial charge in [0.05, 0.1) is 17.0 Å². The highest BCUT2D eigenvalue weighted by Crippen LogP contribution is 2.30. The second-order valence-electron chi connectivity index (χ2n) is 6.66. The van der Waals surface area contributed by atoms with Gasteiger partial charge in [-0.25, -0.2) is 8.42 Å². The minimum Gasteiger partial charge on any atom is -0.494 e. The van der Waals surface area contributed by atoms with Crippen LogP contribution in [0, 0.1) is 6.92 Å². The molecule has 0 radical (unpaired) electrons. The first-order valence-electron chi connectivity index (χ1n) is 9.80. The fourth-order valence-corrected chi connectivity index (χ4v) is 4.73. The number of hydrogen-bond acceptors (Lipinski definition) is 5. The molecule has 29 heavy (non-hydrogen) atoms. The van der Waals surface area contributed by atoms with Gasteiger partial charge in [0, 0.05) is 35.5 Å². The van der Waals surface area contributed by atoms with E-state index in [2.05, 4.69) is 10.3 Å². The van der Waals surface area contributed by atoms with Gasteiger partial charge in [-0.1, -0.05) is 13.8 Å². The molecular formula is C22H27N3O3S. The van der Waals surface area contributed by atoms with E-state index < -0.39 is 10.0 Å². The van der Waals surface area contributed by atoms with Gasteiger partial charge in [0.25, 0.3) is 0 Å². The van der Waals surface area contributed by atoms with Crippen molar-refractivity contribution in [3.63, 3.8) is 0 Å². The van der Waals surface area contributed by atoms with Gasteiger partial charge in [-0.2, -0.15) is 4.31 Å². The first-order valence-corrected chi connectivity index (χ1v) is 11.2. The molecule has 0 unspecified atom stereocenters. The molecule has 0 bridgehead atoms. The lowest BCUT2D eigenvalue weighted by Gasteiger charge is -2.18. The van der Waals surface area contributed by atoms with Crippen LogP contribution in [-0.2, 0) is 10.0 Å². The van der Waals surface area contributed by atoms with Crippen molar-refractivity contribution in [2.75, 3.05) is 25.0 Å². The Bertz CT molecular complexity index is 1090. The molecule has 1 heterocycles. The summed E-state index contributed by atoms with van der Waals surface area (Å²) in [6.07, 6.45) is 0. The van der Waals surface area contributed by atoms with Crippen molar-refractivity contribution in [2.45, 2.75) is 32.6 Å². The molecule has 2 aromatic carbocycles. The molecule has 0 saturated heterocycles.